The zero-order valence-corrected chi connectivity index (χ0v) is 11.7. The van der Waals surface area contributed by atoms with Gasteiger partial charge in [-0.05, 0) is 26.0 Å². The molecule has 0 aliphatic rings. The molecule has 1 aromatic rings. The number of ether oxygens (including phenoxy) is 1. The number of amides is 1. The van der Waals surface area contributed by atoms with Crippen molar-refractivity contribution in [2.75, 3.05) is 12.4 Å². The maximum atomic E-state index is 11.8. The molecule has 0 fully saturated rings. The SMILES string of the molecule is COc1ccc(Cl)c(NC(=O)CC(C)(C)C(=O)O)c1. The topological polar surface area (TPSA) is 75.6 Å². The zero-order chi connectivity index (χ0) is 14.6. The van der Waals surface area contributed by atoms with E-state index in [0.29, 0.717) is 16.5 Å². The molecule has 0 aromatic heterocycles. The van der Waals surface area contributed by atoms with Crippen molar-refractivity contribution in [2.45, 2.75) is 20.3 Å². The number of rotatable bonds is 5. The second-order valence-corrected chi connectivity index (χ2v) is 5.17. The molecule has 0 aliphatic heterocycles. The highest BCUT2D eigenvalue weighted by atomic mass is 35.5. The van der Waals surface area contributed by atoms with Crippen LogP contribution in [0.2, 0.25) is 5.02 Å². The Balaban J connectivity index is 2.80. The molecule has 0 radical (unpaired) electrons. The number of nitrogens with one attached hydrogen (secondary N) is 1. The van der Waals surface area contributed by atoms with Crippen molar-refractivity contribution in [2.24, 2.45) is 5.41 Å². The predicted molar refractivity (Wildman–Crippen MR) is 72.7 cm³/mol. The third-order valence-corrected chi connectivity index (χ3v) is 2.96. The third kappa shape index (κ3) is 4.13. The van der Waals surface area contributed by atoms with Crippen molar-refractivity contribution in [1.82, 2.24) is 0 Å². The van der Waals surface area contributed by atoms with Crippen LogP contribution in [0.25, 0.3) is 0 Å². The number of carbonyl (C=O) groups is 2. The normalized spacial score (nSPS) is 10.9. The lowest BCUT2D eigenvalue weighted by Crippen LogP contribution is -2.29. The quantitative estimate of drug-likeness (QED) is 0.872. The standard InChI is InChI=1S/C13H16ClNO4/c1-13(2,12(17)18)7-11(16)15-10-6-8(19-3)4-5-9(10)14/h4-6H,7H2,1-3H3,(H,15,16)(H,17,18). The molecule has 0 heterocycles. The Morgan fingerprint density at radius 1 is 1.42 bits per heavy atom. The van der Waals surface area contributed by atoms with Crippen LogP contribution in [0.15, 0.2) is 18.2 Å². The molecule has 5 nitrogen and oxygen atoms in total. The molecule has 0 aliphatic carbocycles. The molecular weight excluding hydrogens is 270 g/mol. The average molecular weight is 286 g/mol. The molecule has 6 heteroatoms. The minimum absolute atomic E-state index is 0.143. The van der Waals surface area contributed by atoms with Crippen molar-refractivity contribution in [3.05, 3.63) is 23.2 Å². The fourth-order valence-electron chi connectivity index (χ4n) is 1.40. The molecular formula is C13H16ClNO4. The first-order chi connectivity index (χ1) is 8.76. The number of halogens is 1. The number of anilines is 1. The molecule has 0 saturated heterocycles. The van der Waals surface area contributed by atoms with E-state index in [2.05, 4.69) is 5.32 Å². The van der Waals surface area contributed by atoms with Gasteiger partial charge >= 0.3 is 5.97 Å². The molecule has 0 spiro atoms. The van der Waals surface area contributed by atoms with Crippen LogP contribution >= 0.6 is 11.6 Å². The first kappa shape index (κ1) is 15.3. The highest BCUT2D eigenvalue weighted by molar-refractivity contribution is 6.33. The van der Waals surface area contributed by atoms with E-state index in [1.165, 1.54) is 21.0 Å². The Labute approximate surface area is 116 Å². The average Bonchev–Trinajstić information content (AvgIpc) is 2.31. The maximum absolute atomic E-state index is 11.8. The molecule has 1 amide bonds. The maximum Gasteiger partial charge on any atom is 0.309 e. The highest BCUT2D eigenvalue weighted by Gasteiger charge is 2.30. The minimum Gasteiger partial charge on any atom is -0.497 e. The van der Waals surface area contributed by atoms with E-state index in [0.717, 1.165) is 0 Å². The molecule has 0 unspecified atom stereocenters. The van der Waals surface area contributed by atoms with E-state index in [4.69, 9.17) is 21.4 Å². The summed E-state index contributed by atoms with van der Waals surface area (Å²) in [5.41, 5.74) is -0.734. The summed E-state index contributed by atoms with van der Waals surface area (Å²) in [4.78, 5) is 22.8. The summed E-state index contributed by atoms with van der Waals surface area (Å²) >= 11 is 5.94. The second kappa shape index (κ2) is 5.93. The van der Waals surface area contributed by atoms with Gasteiger partial charge in [0, 0.05) is 12.5 Å². The Kier molecular flexibility index (Phi) is 4.78. The van der Waals surface area contributed by atoms with Crippen LogP contribution in [0.3, 0.4) is 0 Å². The summed E-state index contributed by atoms with van der Waals surface area (Å²) in [6, 6.07) is 4.84. The van der Waals surface area contributed by atoms with Crippen LogP contribution in [-0.4, -0.2) is 24.1 Å². The van der Waals surface area contributed by atoms with E-state index in [-0.39, 0.29) is 6.42 Å². The number of methoxy groups -OCH3 is 1. The Hall–Kier alpha value is -1.75. The van der Waals surface area contributed by atoms with Gasteiger partial charge in [0.1, 0.15) is 5.75 Å². The van der Waals surface area contributed by atoms with E-state index in [9.17, 15) is 9.59 Å². The van der Waals surface area contributed by atoms with Crippen molar-refractivity contribution >= 4 is 29.2 Å². The van der Waals surface area contributed by atoms with Crippen LogP contribution in [0.1, 0.15) is 20.3 Å². The van der Waals surface area contributed by atoms with Gasteiger partial charge in [0.25, 0.3) is 0 Å². The Morgan fingerprint density at radius 2 is 2.05 bits per heavy atom. The van der Waals surface area contributed by atoms with Gasteiger partial charge in [-0.15, -0.1) is 0 Å². The van der Waals surface area contributed by atoms with Crippen molar-refractivity contribution < 1.29 is 19.4 Å². The first-order valence-corrected chi connectivity index (χ1v) is 6.01. The molecule has 1 rings (SSSR count). The second-order valence-electron chi connectivity index (χ2n) is 4.76. The molecule has 19 heavy (non-hydrogen) atoms. The van der Waals surface area contributed by atoms with Crippen molar-refractivity contribution in [3.63, 3.8) is 0 Å². The Morgan fingerprint density at radius 3 is 2.58 bits per heavy atom. The van der Waals surface area contributed by atoms with Gasteiger partial charge in [0.15, 0.2) is 0 Å². The summed E-state index contributed by atoms with van der Waals surface area (Å²) in [6.07, 6.45) is -0.143. The minimum atomic E-state index is -1.13. The third-order valence-electron chi connectivity index (χ3n) is 2.63. The number of hydrogen-bond acceptors (Lipinski definition) is 3. The monoisotopic (exact) mass is 285 g/mol. The molecule has 104 valence electrons. The summed E-state index contributed by atoms with van der Waals surface area (Å²) in [6.45, 7) is 2.98. The van der Waals surface area contributed by atoms with E-state index >= 15 is 0 Å². The summed E-state index contributed by atoms with van der Waals surface area (Å²) < 4.78 is 5.03. The molecule has 1 aromatic carbocycles. The highest BCUT2D eigenvalue weighted by Crippen LogP contribution is 2.28. The largest absolute Gasteiger partial charge is 0.497 e. The van der Waals surface area contributed by atoms with Gasteiger partial charge in [0.2, 0.25) is 5.91 Å². The summed E-state index contributed by atoms with van der Waals surface area (Å²) in [5.74, 6) is -0.890. The van der Waals surface area contributed by atoms with Crippen LogP contribution in [0.5, 0.6) is 5.75 Å². The van der Waals surface area contributed by atoms with Gasteiger partial charge in [0.05, 0.1) is 23.2 Å². The van der Waals surface area contributed by atoms with E-state index in [1.54, 1.807) is 18.2 Å². The Bertz CT molecular complexity index is 499. The molecule has 0 atom stereocenters. The van der Waals surface area contributed by atoms with Crippen molar-refractivity contribution in [1.29, 1.82) is 0 Å². The van der Waals surface area contributed by atoms with Gasteiger partial charge in [-0.2, -0.15) is 0 Å². The van der Waals surface area contributed by atoms with Gasteiger partial charge < -0.3 is 15.2 Å². The van der Waals surface area contributed by atoms with E-state index < -0.39 is 17.3 Å². The molecule has 0 saturated carbocycles. The first-order valence-electron chi connectivity index (χ1n) is 5.63. The van der Waals surface area contributed by atoms with Gasteiger partial charge in [-0.25, -0.2) is 0 Å². The summed E-state index contributed by atoms with van der Waals surface area (Å²) in [7, 11) is 1.50. The predicted octanol–water partition coefficient (Wildman–Crippen LogP) is 2.79. The van der Waals surface area contributed by atoms with Crippen LogP contribution in [0.4, 0.5) is 5.69 Å². The number of benzene rings is 1. The van der Waals surface area contributed by atoms with Gasteiger partial charge in [-0.1, -0.05) is 11.6 Å². The van der Waals surface area contributed by atoms with Gasteiger partial charge in [-0.3, -0.25) is 9.59 Å². The van der Waals surface area contributed by atoms with Crippen molar-refractivity contribution in [3.8, 4) is 5.75 Å². The van der Waals surface area contributed by atoms with E-state index in [1.807, 2.05) is 0 Å². The number of carbonyl (C=O) groups excluding carboxylic acids is 1. The number of carboxylic acids is 1. The fourth-order valence-corrected chi connectivity index (χ4v) is 1.56. The molecule has 2 N–H and O–H groups in total. The summed E-state index contributed by atoms with van der Waals surface area (Å²) in [5, 5.41) is 11.9. The molecule has 0 bridgehead atoms. The number of hydrogen-bond donors (Lipinski definition) is 2. The smallest absolute Gasteiger partial charge is 0.309 e. The van der Waals surface area contributed by atoms with Crippen LogP contribution in [-0.2, 0) is 9.59 Å². The van der Waals surface area contributed by atoms with Crippen LogP contribution in [0, 0.1) is 5.41 Å². The van der Waals surface area contributed by atoms with Crippen LogP contribution < -0.4 is 10.1 Å². The number of carboxylic acid groups (broad SMARTS) is 1. The lowest BCUT2D eigenvalue weighted by Gasteiger charge is -2.18. The number of aliphatic carboxylic acids is 1. The lowest BCUT2D eigenvalue weighted by molar-refractivity contribution is -0.148. The lowest BCUT2D eigenvalue weighted by atomic mass is 9.89. The fraction of sp³-hybridized carbons (Fsp3) is 0.385. The zero-order valence-electron chi connectivity index (χ0n) is 11.0.